The molecule has 0 unspecified atom stereocenters. The molecule has 0 aliphatic heterocycles. The van der Waals surface area contributed by atoms with Gasteiger partial charge in [-0.1, -0.05) is 54.1 Å². The van der Waals surface area contributed by atoms with E-state index in [4.69, 9.17) is 34.9 Å². The maximum atomic E-state index is 6.17. The zero-order chi connectivity index (χ0) is 17.8. The fourth-order valence-electron chi connectivity index (χ4n) is 3.31. The summed E-state index contributed by atoms with van der Waals surface area (Å²) in [5.41, 5.74) is 7.53. The normalized spacial score (nSPS) is 11.0. The summed E-state index contributed by atoms with van der Waals surface area (Å²) in [6.07, 6.45) is 0.895. The first-order valence-corrected chi connectivity index (χ1v) is 12.4. The van der Waals surface area contributed by atoms with Crippen LogP contribution in [0.5, 0.6) is 5.75 Å². The van der Waals surface area contributed by atoms with Crippen LogP contribution in [-0.4, -0.2) is 7.11 Å². The van der Waals surface area contributed by atoms with E-state index in [1.807, 2.05) is 12.1 Å². The summed E-state index contributed by atoms with van der Waals surface area (Å²) < 4.78 is 5.60. The first kappa shape index (κ1) is 18.8. The van der Waals surface area contributed by atoms with E-state index in [0.29, 0.717) is 0 Å². The van der Waals surface area contributed by atoms with Crippen LogP contribution >= 0.6 is 30.2 Å². The number of fused-ring (bicyclic) bond motifs is 3. The minimum absolute atomic E-state index is 0.556. The van der Waals surface area contributed by atoms with E-state index < -0.39 is 17.0 Å². The summed E-state index contributed by atoms with van der Waals surface area (Å²) in [7, 11) is 11.5. The van der Waals surface area contributed by atoms with Crippen LogP contribution in [0.25, 0.3) is 22.3 Å². The van der Waals surface area contributed by atoms with Crippen molar-refractivity contribution in [1.29, 1.82) is 0 Å². The quantitative estimate of drug-likeness (QED) is 0.315. The molecule has 5 heteroatoms. The van der Waals surface area contributed by atoms with Crippen molar-refractivity contribution in [1.82, 2.24) is 0 Å². The standard InChI is InChI=1S/C20H15ClO.2ClH.Ti/c1-22-19-10-9-16(13-5-3-2-4-6-13)18-12-14-11-15(21)7-8-17(14)20(18)19;;;/h2-11H,12H2,1H3;2*1H;/q;;;+2/p-2. The first-order valence-electron chi connectivity index (χ1n) is 7.70. The van der Waals surface area contributed by atoms with E-state index in [2.05, 4.69) is 48.5 Å². The Kier molecular flexibility index (Phi) is 6.49. The van der Waals surface area contributed by atoms with Crippen molar-refractivity contribution in [3.8, 4) is 28.0 Å². The van der Waals surface area contributed by atoms with Gasteiger partial charge in [-0.05, 0) is 52.4 Å². The number of methoxy groups -OCH3 is 1. The van der Waals surface area contributed by atoms with Gasteiger partial charge in [-0.2, -0.15) is 0 Å². The van der Waals surface area contributed by atoms with Crippen molar-refractivity contribution in [3.63, 3.8) is 0 Å². The summed E-state index contributed by atoms with van der Waals surface area (Å²) in [6, 6.07) is 20.8. The molecule has 3 aromatic rings. The van der Waals surface area contributed by atoms with Crippen LogP contribution < -0.4 is 4.74 Å². The molecule has 1 aliphatic rings. The Morgan fingerprint density at radius 2 is 1.60 bits per heavy atom. The van der Waals surface area contributed by atoms with Crippen molar-refractivity contribution < 1.29 is 21.8 Å². The molecule has 0 bridgehead atoms. The number of hydrogen-bond donors (Lipinski definition) is 0. The van der Waals surface area contributed by atoms with E-state index in [1.165, 1.54) is 33.4 Å². The predicted octanol–water partition coefficient (Wildman–Crippen LogP) is 6.96. The van der Waals surface area contributed by atoms with Crippen molar-refractivity contribution in [2.24, 2.45) is 0 Å². The Balaban J connectivity index is 0.000000569. The molecule has 126 valence electrons. The third-order valence-corrected chi connectivity index (χ3v) is 4.52. The molecular formula is C20H15Cl3OTi. The first-order chi connectivity index (χ1) is 12.2. The molecule has 3 aromatic carbocycles. The average molecular weight is 426 g/mol. The fraction of sp³-hybridized carbons (Fsp3) is 0.100. The van der Waals surface area contributed by atoms with Crippen LogP contribution in [0.2, 0.25) is 5.02 Å². The van der Waals surface area contributed by atoms with Gasteiger partial charge in [-0.25, -0.2) is 0 Å². The van der Waals surface area contributed by atoms with Crippen LogP contribution in [0.1, 0.15) is 11.1 Å². The summed E-state index contributed by atoms with van der Waals surface area (Å²) in [4.78, 5) is 0. The Morgan fingerprint density at radius 1 is 0.920 bits per heavy atom. The van der Waals surface area contributed by atoms with E-state index in [0.717, 1.165) is 17.2 Å². The van der Waals surface area contributed by atoms with Crippen molar-refractivity contribution in [2.75, 3.05) is 7.11 Å². The minimum atomic E-state index is -0.556. The molecule has 1 aliphatic carbocycles. The fourth-order valence-corrected chi connectivity index (χ4v) is 3.50. The zero-order valence-electron chi connectivity index (χ0n) is 13.5. The number of rotatable bonds is 2. The Hall–Kier alpha value is -0.956. The monoisotopic (exact) mass is 424 g/mol. The zero-order valence-corrected chi connectivity index (χ0v) is 17.4. The van der Waals surface area contributed by atoms with Crippen LogP contribution in [0.4, 0.5) is 0 Å². The molecule has 0 radical (unpaired) electrons. The summed E-state index contributed by atoms with van der Waals surface area (Å²) in [5.74, 6) is 0.927. The van der Waals surface area contributed by atoms with Crippen molar-refractivity contribution >= 4 is 30.2 Å². The number of ether oxygens (including phenoxy) is 1. The van der Waals surface area contributed by atoms with Gasteiger partial charge in [0.25, 0.3) is 0 Å². The van der Waals surface area contributed by atoms with Crippen molar-refractivity contribution in [2.45, 2.75) is 6.42 Å². The van der Waals surface area contributed by atoms with Gasteiger partial charge in [-0.15, -0.1) is 0 Å². The van der Waals surface area contributed by atoms with E-state index in [1.54, 1.807) is 7.11 Å². The summed E-state index contributed by atoms with van der Waals surface area (Å²) in [5, 5.41) is 0.784. The second-order valence-corrected chi connectivity index (χ2v) is 8.60. The van der Waals surface area contributed by atoms with Crippen LogP contribution in [-0.2, 0) is 23.5 Å². The van der Waals surface area contributed by atoms with Gasteiger partial charge in [0.15, 0.2) is 0 Å². The third kappa shape index (κ3) is 3.92. The molecule has 1 nitrogen and oxygen atoms in total. The SMILES string of the molecule is COc1ccc(-c2ccccc2)c2c1-c1ccc(Cl)cc1C2.[Cl][Ti][Cl]. The van der Waals surface area contributed by atoms with Gasteiger partial charge in [0, 0.05) is 10.6 Å². The van der Waals surface area contributed by atoms with Crippen LogP contribution in [0.15, 0.2) is 60.7 Å². The number of halogens is 3. The van der Waals surface area contributed by atoms with Crippen molar-refractivity contribution in [3.05, 3.63) is 76.8 Å². The number of benzene rings is 3. The van der Waals surface area contributed by atoms with E-state index in [-0.39, 0.29) is 0 Å². The summed E-state index contributed by atoms with van der Waals surface area (Å²) >= 11 is 5.61. The van der Waals surface area contributed by atoms with Gasteiger partial charge < -0.3 is 4.74 Å². The van der Waals surface area contributed by atoms with Crippen LogP contribution in [0, 0.1) is 0 Å². The molecule has 0 N–H and O–H groups in total. The molecule has 0 aromatic heterocycles. The molecule has 0 amide bonds. The molecule has 0 spiro atoms. The van der Waals surface area contributed by atoms with Gasteiger partial charge in [0.05, 0.1) is 7.11 Å². The Bertz CT molecular complexity index is 882. The van der Waals surface area contributed by atoms with Gasteiger partial charge in [-0.3, -0.25) is 0 Å². The molecular weight excluding hydrogens is 410 g/mol. The molecule has 0 fully saturated rings. The van der Waals surface area contributed by atoms with Gasteiger partial charge in [0.2, 0.25) is 0 Å². The molecule has 0 saturated carbocycles. The topological polar surface area (TPSA) is 9.23 Å². The third-order valence-electron chi connectivity index (χ3n) is 4.28. The van der Waals surface area contributed by atoms with E-state index >= 15 is 0 Å². The van der Waals surface area contributed by atoms with Crippen LogP contribution in [0.3, 0.4) is 0 Å². The number of hydrogen-bond acceptors (Lipinski definition) is 1. The van der Waals surface area contributed by atoms with Gasteiger partial charge in [0.1, 0.15) is 5.75 Å². The second kappa shape index (κ2) is 8.62. The molecule has 0 heterocycles. The molecule has 0 saturated heterocycles. The molecule has 4 rings (SSSR count). The second-order valence-electron chi connectivity index (χ2n) is 5.58. The molecule has 25 heavy (non-hydrogen) atoms. The Labute approximate surface area is 169 Å². The van der Waals surface area contributed by atoms with Gasteiger partial charge >= 0.3 is 35.6 Å². The Morgan fingerprint density at radius 3 is 2.28 bits per heavy atom. The predicted molar refractivity (Wildman–Crippen MR) is 103 cm³/mol. The van der Waals surface area contributed by atoms with E-state index in [9.17, 15) is 0 Å². The summed E-state index contributed by atoms with van der Waals surface area (Å²) in [6.45, 7) is 0. The molecule has 0 atom stereocenters. The maximum absolute atomic E-state index is 6.17. The average Bonchev–Trinajstić information content (AvgIpc) is 3.00.